The van der Waals surface area contributed by atoms with Gasteiger partial charge in [-0.15, -0.1) is 0 Å². The summed E-state index contributed by atoms with van der Waals surface area (Å²) in [5, 5.41) is -1.59. The van der Waals surface area contributed by atoms with Crippen LogP contribution >= 0.6 is 11.6 Å². The highest BCUT2D eigenvalue weighted by Gasteiger charge is 2.35. The number of hydrogen-bond donors (Lipinski definition) is 0. The largest absolute Gasteiger partial charge is 0.338 e. The highest BCUT2D eigenvalue weighted by molar-refractivity contribution is 6.65. The van der Waals surface area contributed by atoms with E-state index in [2.05, 4.69) is 6.92 Å². The summed E-state index contributed by atoms with van der Waals surface area (Å²) in [7, 11) is 0. The number of unbranched alkanes of at least 4 members (excludes halogenated alkanes) is 2. The highest BCUT2D eigenvalue weighted by Crippen LogP contribution is 2.42. The van der Waals surface area contributed by atoms with Gasteiger partial charge in [-0.2, -0.15) is 8.78 Å². The number of halogens is 3. The van der Waals surface area contributed by atoms with Gasteiger partial charge in [-0.1, -0.05) is 51.5 Å². The molecule has 0 aromatic carbocycles. The van der Waals surface area contributed by atoms with Crippen LogP contribution in [0.5, 0.6) is 0 Å². The average Bonchev–Trinajstić information content (AvgIpc) is 2.61. The molecular formula is C21H33ClF2O. The Hall–Kier alpha value is -0.440. The molecule has 0 atom stereocenters. The average molecular weight is 375 g/mol. The standard InChI is InChI=1S/C21H33ClF2O/c1-2-3-4-5-16-6-10-18(11-7-16)19-12-8-17(9-13-19)14-15-21(23,24)20(22)25/h14-19H,2-13H2,1H3/b15-14+. The Balaban J connectivity index is 1.69. The van der Waals surface area contributed by atoms with E-state index in [0.717, 1.165) is 43.4 Å². The summed E-state index contributed by atoms with van der Waals surface area (Å²) in [5.41, 5.74) is 0. The van der Waals surface area contributed by atoms with Gasteiger partial charge in [0.1, 0.15) is 0 Å². The Kier molecular flexibility index (Phi) is 8.38. The summed E-state index contributed by atoms with van der Waals surface area (Å²) < 4.78 is 26.5. The molecule has 0 radical (unpaired) electrons. The normalized spacial score (nSPS) is 31.4. The minimum Gasteiger partial charge on any atom is -0.274 e. The maximum absolute atomic E-state index is 13.2. The quantitative estimate of drug-likeness (QED) is 0.251. The van der Waals surface area contributed by atoms with Gasteiger partial charge in [-0.25, -0.2) is 0 Å². The first-order valence-electron chi connectivity index (χ1n) is 10.2. The van der Waals surface area contributed by atoms with Crippen LogP contribution in [0.4, 0.5) is 8.78 Å². The lowest BCUT2D eigenvalue weighted by Crippen LogP contribution is -2.26. The number of hydrogen-bond acceptors (Lipinski definition) is 1. The van der Waals surface area contributed by atoms with Crippen molar-refractivity contribution in [2.45, 2.75) is 89.9 Å². The van der Waals surface area contributed by atoms with Crippen LogP contribution < -0.4 is 0 Å². The summed E-state index contributed by atoms with van der Waals surface area (Å²) in [6.45, 7) is 2.26. The first-order chi connectivity index (χ1) is 11.9. The van der Waals surface area contributed by atoms with Gasteiger partial charge in [0.15, 0.2) is 0 Å². The van der Waals surface area contributed by atoms with Gasteiger partial charge in [0, 0.05) is 0 Å². The molecule has 2 aliphatic carbocycles. The van der Waals surface area contributed by atoms with Crippen LogP contribution in [0.2, 0.25) is 0 Å². The maximum Gasteiger partial charge on any atom is 0.338 e. The Morgan fingerprint density at radius 1 is 1.00 bits per heavy atom. The monoisotopic (exact) mass is 374 g/mol. The summed E-state index contributed by atoms with van der Waals surface area (Å²) in [4.78, 5) is 10.7. The SMILES string of the molecule is CCCCCC1CCC(C2CCC(/C=C/C(F)(F)C(=O)Cl)CC2)CC1. The number of allylic oxidation sites excluding steroid dienone is 2. The van der Waals surface area contributed by atoms with Crippen molar-refractivity contribution in [3.05, 3.63) is 12.2 Å². The molecule has 0 aromatic heterocycles. The number of rotatable bonds is 8. The number of carbonyl (C=O) groups excluding carboxylic acids is 1. The first kappa shape index (κ1) is 20.9. The molecule has 0 spiro atoms. The lowest BCUT2D eigenvalue weighted by atomic mass is 9.68. The second-order valence-corrected chi connectivity index (χ2v) is 8.55. The summed E-state index contributed by atoms with van der Waals surface area (Å²) in [6, 6.07) is 0. The van der Waals surface area contributed by atoms with E-state index in [9.17, 15) is 13.6 Å². The molecule has 0 saturated heterocycles. The highest BCUT2D eigenvalue weighted by atomic mass is 35.5. The van der Waals surface area contributed by atoms with Crippen molar-refractivity contribution in [1.82, 2.24) is 0 Å². The minimum atomic E-state index is -3.52. The van der Waals surface area contributed by atoms with Gasteiger partial charge in [-0.05, 0) is 79.9 Å². The fourth-order valence-electron chi connectivity index (χ4n) is 4.76. The molecule has 0 unspecified atom stereocenters. The molecule has 2 fully saturated rings. The van der Waals surface area contributed by atoms with E-state index in [1.165, 1.54) is 57.4 Å². The van der Waals surface area contributed by atoms with Crippen LogP contribution in [0.15, 0.2) is 12.2 Å². The second kappa shape index (κ2) is 10.0. The predicted octanol–water partition coefficient (Wildman–Crippen LogP) is 7.14. The van der Waals surface area contributed by atoms with E-state index >= 15 is 0 Å². The van der Waals surface area contributed by atoms with E-state index in [4.69, 9.17) is 11.6 Å². The third-order valence-corrected chi connectivity index (χ3v) is 6.68. The van der Waals surface area contributed by atoms with Crippen LogP contribution in [-0.2, 0) is 4.79 Å². The van der Waals surface area contributed by atoms with Gasteiger partial charge in [0.25, 0.3) is 5.24 Å². The molecule has 4 heteroatoms. The van der Waals surface area contributed by atoms with Gasteiger partial charge >= 0.3 is 5.92 Å². The molecule has 25 heavy (non-hydrogen) atoms. The molecule has 2 saturated carbocycles. The molecule has 0 aromatic rings. The van der Waals surface area contributed by atoms with Crippen molar-refractivity contribution >= 4 is 16.8 Å². The van der Waals surface area contributed by atoms with E-state index in [0.29, 0.717) is 6.08 Å². The molecule has 0 heterocycles. The lowest BCUT2D eigenvalue weighted by Gasteiger charge is -2.37. The second-order valence-electron chi connectivity index (χ2n) is 8.21. The van der Waals surface area contributed by atoms with E-state index in [1.54, 1.807) is 0 Å². The lowest BCUT2D eigenvalue weighted by molar-refractivity contribution is -0.128. The Morgan fingerprint density at radius 2 is 1.56 bits per heavy atom. The first-order valence-corrected chi connectivity index (χ1v) is 10.6. The molecule has 0 aliphatic heterocycles. The van der Waals surface area contributed by atoms with Crippen molar-refractivity contribution in [2.24, 2.45) is 23.7 Å². The van der Waals surface area contributed by atoms with Gasteiger partial charge in [0.05, 0.1) is 0 Å². The van der Waals surface area contributed by atoms with Crippen LogP contribution in [0.1, 0.15) is 84.0 Å². The van der Waals surface area contributed by atoms with Gasteiger partial charge in [0.2, 0.25) is 0 Å². The van der Waals surface area contributed by atoms with Gasteiger partial charge < -0.3 is 0 Å². The number of alkyl halides is 2. The smallest absolute Gasteiger partial charge is 0.274 e. The van der Waals surface area contributed by atoms with Crippen molar-refractivity contribution in [1.29, 1.82) is 0 Å². The van der Waals surface area contributed by atoms with Gasteiger partial charge in [-0.3, -0.25) is 4.79 Å². The molecular weight excluding hydrogens is 342 g/mol. The third kappa shape index (κ3) is 6.66. The van der Waals surface area contributed by atoms with E-state index in [1.807, 2.05) is 0 Å². The van der Waals surface area contributed by atoms with E-state index in [-0.39, 0.29) is 5.92 Å². The zero-order valence-electron chi connectivity index (χ0n) is 15.5. The number of carbonyl (C=O) groups is 1. The molecule has 144 valence electrons. The van der Waals surface area contributed by atoms with Crippen molar-refractivity contribution < 1.29 is 13.6 Å². The van der Waals surface area contributed by atoms with Crippen LogP contribution in [0, 0.1) is 23.7 Å². The van der Waals surface area contributed by atoms with Crippen molar-refractivity contribution in [2.75, 3.05) is 0 Å². The van der Waals surface area contributed by atoms with Crippen LogP contribution in [-0.4, -0.2) is 11.2 Å². The molecule has 0 N–H and O–H groups in total. The fourth-order valence-corrected chi connectivity index (χ4v) is 4.83. The minimum absolute atomic E-state index is 0.170. The predicted molar refractivity (Wildman–Crippen MR) is 100.0 cm³/mol. The topological polar surface area (TPSA) is 17.1 Å². The third-order valence-electron chi connectivity index (χ3n) is 6.43. The molecule has 1 nitrogen and oxygen atoms in total. The molecule has 2 rings (SSSR count). The van der Waals surface area contributed by atoms with Crippen LogP contribution in [0.25, 0.3) is 0 Å². The summed E-state index contributed by atoms with van der Waals surface area (Å²) >= 11 is 4.92. The molecule has 2 aliphatic rings. The zero-order valence-corrected chi connectivity index (χ0v) is 16.2. The van der Waals surface area contributed by atoms with Crippen molar-refractivity contribution in [3.63, 3.8) is 0 Å². The van der Waals surface area contributed by atoms with Crippen LogP contribution in [0.3, 0.4) is 0 Å². The summed E-state index contributed by atoms with van der Waals surface area (Å²) in [5.74, 6) is -0.787. The van der Waals surface area contributed by atoms with Crippen molar-refractivity contribution in [3.8, 4) is 0 Å². The maximum atomic E-state index is 13.2. The Bertz CT molecular complexity index is 433. The Morgan fingerprint density at radius 3 is 2.08 bits per heavy atom. The molecule has 0 bridgehead atoms. The van der Waals surface area contributed by atoms with E-state index < -0.39 is 11.2 Å². The zero-order chi connectivity index (χ0) is 18.3. The Labute approximate surface area is 156 Å². The fraction of sp³-hybridized carbons (Fsp3) is 0.857. The molecule has 0 amide bonds. The summed E-state index contributed by atoms with van der Waals surface area (Å²) in [6.07, 6.45) is 17.4.